The second-order valence-electron chi connectivity index (χ2n) is 5.23. The van der Waals surface area contributed by atoms with E-state index in [1.165, 1.54) is 31.2 Å². The van der Waals surface area contributed by atoms with Crippen molar-refractivity contribution in [2.24, 2.45) is 0 Å². The lowest BCUT2D eigenvalue weighted by Gasteiger charge is -2.13. The molecule has 0 aromatic heterocycles. The highest BCUT2D eigenvalue weighted by atomic mass is 32.2. The maximum atomic E-state index is 12.3. The van der Waals surface area contributed by atoms with Crippen LogP contribution in [0.1, 0.15) is 27.6 Å². The van der Waals surface area contributed by atoms with Crippen LogP contribution >= 0.6 is 0 Å². The molecule has 7 heteroatoms. The van der Waals surface area contributed by atoms with Gasteiger partial charge in [-0.1, -0.05) is 18.2 Å². The first-order valence-corrected chi connectivity index (χ1v) is 9.03. The largest absolute Gasteiger partial charge is 0.451 e. The molecule has 0 saturated carbocycles. The number of ketones is 1. The molecule has 0 amide bonds. The molecule has 0 aliphatic rings. The molecule has 126 valence electrons. The van der Waals surface area contributed by atoms with Gasteiger partial charge < -0.3 is 4.74 Å². The number of nitrogens with one attached hydrogen (secondary N) is 1. The average molecular weight is 347 g/mol. The monoisotopic (exact) mass is 347 g/mol. The zero-order valence-corrected chi connectivity index (χ0v) is 14.0. The predicted octanol–water partition coefficient (Wildman–Crippen LogP) is 2.49. The standard InChI is InChI=1S/C17H17NO5S/c1-12(23-17(20)14-6-4-3-5-7-14)16(19)13-8-10-15(11-9-13)18-24(2,21)22/h3-12,18H,1-2H3/t12-/m0/s1. The number of esters is 1. The molecule has 0 bridgehead atoms. The molecule has 2 aromatic carbocycles. The van der Waals surface area contributed by atoms with Crippen LogP contribution in [0.4, 0.5) is 5.69 Å². The smallest absolute Gasteiger partial charge is 0.338 e. The first-order chi connectivity index (χ1) is 11.3. The normalized spacial score (nSPS) is 12.2. The molecular formula is C17H17NO5S. The Morgan fingerprint density at radius 1 is 0.958 bits per heavy atom. The van der Waals surface area contributed by atoms with E-state index in [1.807, 2.05) is 0 Å². The lowest BCUT2D eigenvalue weighted by Crippen LogP contribution is -2.24. The van der Waals surface area contributed by atoms with Crippen molar-refractivity contribution in [2.75, 3.05) is 11.0 Å². The quantitative estimate of drug-likeness (QED) is 0.640. The Morgan fingerprint density at radius 3 is 2.08 bits per heavy atom. The number of ether oxygens (including phenoxy) is 1. The van der Waals surface area contributed by atoms with Crippen LogP contribution in [0, 0.1) is 0 Å². The summed E-state index contributed by atoms with van der Waals surface area (Å²) in [6.07, 6.45) is 0.0865. The lowest BCUT2D eigenvalue weighted by atomic mass is 10.1. The number of carbonyl (C=O) groups excluding carboxylic acids is 2. The Hall–Kier alpha value is -2.67. The summed E-state index contributed by atoms with van der Waals surface area (Å²) in [5.74, 6) is -0.947. The summed E-state index contributed by atoms with van der Waals surface area (Å²) >= 11 is 0. The fraction of sp³-hybridized carbons (Fsp3) is 0.176. The van der Waals surface area contributed by atoms with Crippen LogP contribution < -0.4 is 4.72 Å². The maximum absolute atomic E-state index is 12.3. The topological polar surface area (TPSA) is 89.5 Å². The molecular weight excluding hydrogens is 330 g/mol. The molecule has 0 radical (unpaired) electrons. The van der Waals surface area contributed by atoms with Gasteiger partial charge in [0.05, 0.1) is 11.8 Å². The Balaban J connectivity index is 2.04. The molecule has 0 unspecified atom stereocenters. The van der Waals surface area contributed by atoms with Crippen molar-refractivity contribution in [2.45, 2.75) is 13.0 Å². The van der Waals surface area contributed by atoms with Gasteiger partial charge in [-0.05, 0) is 43.3 Å². The maximum Gasteiger partial charge on any atom is 0.338 e. The van der Waals surface area contributed by atoms with Crippen LogP contribution in [0.2, 0.25) is 0 Å². The first kappa shape index (κ1) is 17.7. The molecule has 0 fully saturated rings. The third-order valence-corrected chi connectivity index (χ3v) is 3.74. The van der Waals surface area contributed by atoms with Crippen LogP contribution in [-0.2, 0) is 14.8 Å². The molecule has 1 N–H and O–H groups in total. The van der Waals surface area contributed by atoms with E-state index in [9.17, 15) is 18.0 Å². The number of hydrogen-bond donors (Lipinski definition) is 1. The number of anilines is 1. The number of hydrogen-bond acceptors (Lipinski definition) is 5. The van der Waals surface area contributed by atoms with Crippen molar-refractivity contribution in [3.63, 3.8) is 0 Å². The Labute approximate surface area is 140 Å². The van der Waals surface area contributed by atoms with Gasteiger partial charge >= 0.3 is 5.97 Å². The van der Waals surface area contributed by atoms with Crippen LogP contribution in [0.15, 0.2) is 54.6 Å². The van der Waals surface area contributed by atoms with Gasteiger partial charge in [-0.15, -0.1) is 0 Å². The Bertz CT molecular complexity index is 829. The second-order valence-corrected chi connectivity index (χ2v) is 6.98. The summed E-state index contributed by atoms with van der Waals surface area (Å²) in [7, 11) is -3.38. The summed E-state index contributed by atoms with van der Waals surface area (Å²) in [6, 6.07) is 14.3. The van der Waals surface area contributed by atoms with Gasteiger partial charge in [0.15, 0.2) is 6.10 Å². The lowest BCUT2D eigenvalue weighted by molar-refractivity contribution is 0.0319. The van der Waals surface area contributed by atoms with Crippen molar-refractivity contribution in [1.29, 1.82) is 0 Å². The third kappa shape index (κ3) is 4.92. The van der Waals surface area contributed by atoms with Crippen molar-refractivity contribution >= 4 is 27.5 Å². The minimum atomic E-state index is -3.38. The molecule has 6 nitrogen and oxygen atoms in total. The van der Waals surface area contributed by atoms with E-state index in [2.05, 4.69) is 4.72 Å². The number of sulfonamides is 1. The van der Waals surface area contributed by atoms with Crippen molar-refractivity contribution < 1.29 is 22.7 Å². The zero-order valence-electron chi connectivity index (χ0n) is 13.2. The number of rotatable bonds is 6. The molecule has 0 aliphatic carbocycles. The van der Waals surface area contributed by atoms with E-state index in [4.69, 9.17) is 4.74 Å². The van der Waals surface area contributed by atoms with Gasteiger partial charge in [-0.2, -0.15) is 0 Å². The summed E-state index contributed by atoms with van der Waals surface area (Å²) in [5.41, 5.74) is 1.04. The third-order valence-electron chi connectivity index (χ3n) is 3.14. The molecule has 0 spiro atoms. The highest BCUT2D eigenvalue weighted by Crippen LogP contribution is 2.14. The minimum absolute atomic E-state index is 0.322. The highest BCUT2D eigenvalue weighted by molar-refractivity contribution is 7.92. The van der Waals surface area contributed by atoms with E-state index in [0.717, 1.165) is 6.26 Å². The van der Waals surface area contributed by atoms with Crippen molar-refractivity contribution in [3.8, 4) is 0 Å². The SMILES string of the molecule is C[C@H](OC(=O)c1ccccc1)C(=O)c1ccc(NS(C)(=O)=O)cc1. The van der Waals surface area contributed by atoms with E-state index in [1.54, 1.807) is 30.3 Å². The van der Waals surface area contributed by atoms with E-state index >= 15 is 0 Å². The van der Waals surface area contributed by atoms with E-state index < -0.39 is 22.1 Å². The molecule has 2 rings (SSSR count). The van der Waals surface area contributed by atoms with Crippen LogP contribution in [0.5, 0.6) is 0 Å². The van der Waals surface area contributed by atoms with Crippen molar-refractivity contribution in [3.05, 3.63) is 65.7 Å². The fourth-order valence-corrected chi connectivity index (χ4v) is 2.57. The van der Waals surface area contributed by atoms with E-state index in [-0.39, 0.29) is 5.78 Å². The van der Waals surface area contributed by atoms with Crippen LogP contribution in [0.25, 0.3) is 0 Å². The van der Waals surface area contributed by atoms with Gasteiger partial charge in [-0.25, -0.2) is 13.2 Å². The van der Waals surface area contributed by atoms with Gasteiger partial charge in [-0.3, -0.25) is 9.52 Å². The first-order valence-electron chi connectivity index (χ1n) is 7.14. The average Bonchev–Trinajstić information content (AvgIpc) is 2.54. The number of Topliss-reactive ketones (excluding diaryl/α,β-unsaturated/α-hetero) is 1. The number of carbonyl (C=O) groups is 2. The summed E-state index contributed by atoms with van der Waals surface area (Å²) in [6.45, 7) is 1.49. The molecule has 0 saturated heterocycles. The summed E-state index contributed by atoms with van der Waals surface area (Å²) < 4.78 is 29.8. The van der Waals surface area contributed by atoms with Gasteiger partial charge in [0.1, 0.15) is 0 Å². The van der Waals surface area contributed by atoms with Crippen LogP contribution in [0.3, 0.4) is 0 Å². The number of benzene rings is 2. The minimum Gasteiger partial charge on any atom is -0.451 e. The molecule has 1 atom stereocenters. The molecule has 2 aromatic rings. The predicted molar refractivity (Wildman–Crippen MR) is 90.6 cm³/mol. The van der Waals surface area contributed by atoms with Gasteiger partial charge in [0.25, 0.3) is 0 Å². The van der Waals surface area contributed by atoms with Crippen molar-refractivity contribution in [1.82, 2.24) is 0 Å². The van der Waals surface area contributed by atoms with Crippen LogP contribution in [-0.4, -0.2) is 32.5 Å². The Morgan fingerprint density at radius 2 is 1.54 bits per heavy atom. The second kappa shape index (κ2) is 7.27. The molecule has 0 heterocycles. The van der Waals surface area contributed by atoms with Gasteiger partial charge in [0.2, 0.25) is 15.8 Å². The van der Waals surface area contributed by atoms with E-state index in [0.29, 0.717) is 16.8 Å². The Kier molecular flexibility index (Phi) is 5.35. The van der Waals surface area contributed by atoms with Gasteiger partial charge in [0, 0.05) is 11.3 Å². The fourth-order valence-electron chi connectivity index (χ4n) is 2.01. The molecule has 0 aliphatic heterocycles. The summed E-state index contributed by atoms with van der Waals surface area (Å²) in [5, 5.41) is 0. The highest BCUT2D eigenvalue weighted by Gasteiger charge is 2.20. The zero-order chi connectivity index (χ0) is 17.7. The summed E-state index contributed by atoms with van der Waals surface area (Å²) in [4.78, 5) is 24.2. The molecule has 24 heavy (non-hydrogen) atoms.